The minimum absolute atomic E-state index is 0.0913. The van der Waals surface area contributed by atoms with Crippen LogP contribution in [0.3, 0.4) is 0 Å². The molecule has 0 aromatic carbocycles. The van der Waals surface area contributed by atoms with Gasteiger partial charge in [0.1, 0.15) is 30.2 Å². The van der Waals surface area contributed by atoms with E-state index >= 15 is 0 Å². The largest absolute Gasteiger partial charge is 0.387 e. The highest BCUT2D eigenvalue weighted by Crippen LogP contribution is 2.46. The first kappa shape index (κ1) is 16.2. The van der Waals surface area contributed by atoms with Crippen molar-refractivity contribution in [1.82, 2.24) is 19.5 Å². The molecule has 3 heterocycles. The van der Waals surface area contributed by atoms with Gasteiger partial charge < -0.3 is 35.6 Å². The number of nitrogen functional groups attached to an aromatic ring is 1. The number of aliphatic hydroxyl groups is 3. The van der Waals surface area contributed by atoms with Gasteiger partial charge in [-0.15, -0.1) is 0 Å². The second-order valence-corrected chi connectivity index (χ2v) is 6.77. The number of nitrogens with zero attached hydrogens (tertiary/aromatic N) is 4. The molecule has 0 unspecified atom stereocenters. The number of hydrogen-bond acceptors (Lipinski definition) is 9. The second kappa shape index (κ2) is 5.46. The van der Waals surface area contributed by atoms with Crippen LogP contribution in [0.1, 0.15) is 6.23 Å². The smallest absolute Gasteiger partial charge is 0.356 e. The van der Waals surface area contributed by atoms with Crippen LogP contribution in [0.25, 0.3) is 11.2 Å². The third kappa shape index (κ3) is 2.60. The number of aromatic nitrogens is 4. The Morgan fingerprint density at radius 3 is 2.61 bits per heavy atom. The lowest BCUT2D eigenvalue weighted by Gasteiger charge is -2.21. The topological polar surface area (TPSA) is 197 Å². The molecule has 0 bridgehead atoms. The van der Waals surface area contributed by atoms with E-state index in [9.17, 15) is 19.9 Å². The lowest BCUT2D eigenvalue weighted by Crippen LogP contribution is -2.38. The number of nitrogens with two attached hydrogens (primary N) is 1. The van der Waals surface area contributed by atoms with E-state index < -0.39 is 38.0 Å². The lowest BCUT2D eigenvalue weighted by atomic mass is 10.1. The predicted molar refractivity (Wildman–Crippen MR) is 73.7 cm³/mol. The van der Waals surface area contributed by atoms with Gasteiger partial charge in [0.15, 0.2) is 23.5 Å². The molecule has 12 nitrogen and oxygen atoms in total. The number of hydrogen-bond donors (Lipinski definition) is 6. The Hall–Kier alpha value is -1.66. The minimum atomic E-state index is -4.94. The summed E-state index contributed by atoms with van der Waals surface area (Å²) in [6, 6.07) is 0. The van der Waals surface area contributed by atoms with Crippen LogP contribution >= 0.6 is 7.60 Å². The van der Waals surface area contributed by atoms with Crippen molar-refractivity contribution >= 4 is 24.6 Å². The molecule has 126 valence electrons. The van der Waals surface area contributed by atoms with Gasteiger partial charge in [-0.2, -0.15) is 0 Å². The van der Waals surface area contributed by atoms with E-state index in [1.54, 1.807) is 0 Å². The third-order valence-corrected chi connectivity index (χ3v) is 4.56. The van der Waals surface area contributed by atoms with Crippen molar-refractivity contribution in [1.29, 1.82) is 0 Å². The average Bonchev–Trinajstić information content (AvgIpc) is 3.02. The normalized spacial score (nSPS) is 30.0. The van der Waals surface area contributed by atoms with Crippen LogP contribution in [0.15, 0.2) is 12.7 Å². The molecule has 3 rings (SSSR count). The Kier molecular flexibility index (Phi) is 3.84. The lowest BCUT2D eigenvalue weighted by molar-refractivity contribution is -0.0664. The average molecular weight is 347 g/mol. The van der Waals surface area contributed by atoms with Gasteiger partial charge in [0, 0.05) is 0 Å². The van der Waals surface area contributed by atoms with Crippen molar-refractivity contribution in [3.63, 3.8) is 0 Å². The van der Waals surface area contributed by atoms with E-state index in [1.807, 2.05) is 0 Å². The highest BCUT2D eigenvalue weighted by atomic mass is 31.2. The van der Waals surface area contributed by atoms with Gasteiger partial charge in [-0.1, -0.05) is 0 Å². The Labute approximate surface area is 128 Å². The summed E-state index contributed by atoms with van der Waals surface area (Å²) in [6.45, 7) is 0. The molecular formula is C10H14N5O7P. The van der Waals surface area contributed by atoms with Gasteiger partial charge in [0.25, 0.3) is 0 Å². The van der Waals surface area contributed by atoms with Crippen LogP contribution in [0.5, 0.6) is 0 Å². The van der Waals surface area contributed by atoms with Crippen molar-refractivity contribution in [3.8, 4) is 0 Å². The molecule has 23 heavy (non-hydrogen) atoms. The zero-order valence-corrected chi connectivity index (χ0v) is 12.3. The van der Waals surface area contributed by atoms with E-state index in [2.05, 4.69) is 15.0 Å². The van der Waals surface area contributed by atoms with Crippen LogP contribution in [0, 0.1) is 0 Å². The standard InChI is InChI=1S/C10H14N5O7P/c11-7-3-8(13-1-12-7)15(2-14-3)9-5(17)4(16)6(22-9)10(18)23(19,20)21/h1-2,4-6,9-10,16-18H,(H2,11,12,13)(H2,19,20,21)/t4-,5+,6-,9+,10-/m0/s1. The fourth-order valence-electron chi connectivity index (χ4n) is 2.41. The van der Waals surface area contributed by atoms with E-state index in [-0.39, 0.29) is 17.0 Å². The summed E-state index contributed by atoms with van der Waals surface area (Å²) in [7, 11) is -4.94. The molecule has 1 aliphatic heterocycles. The first-order chi connectivity index (χ1) is 10.7. The van der Waals surface area contributed by atoms with Crippen molar-refractivity contribution in [2.75, 3.05) is 5.73 Å². The molecule has 2 aromatic rings. The van der Waals surface area contributed by atoms with Crippen LogP contribution in [-0.4, -0.2) is 68.8 Å². The monoisotopic (exact) mass is 347 g/mol. The molecule has 13 heteroatoms. The minimum Gasteiger partial charge on any atom is -0.387 e. The Morgan fingerprint density at radius 2 is 1.96 bits per heavy atom. The van der Waals surface area contributed by atoms with E-state index in [4.69, 9.17) is 20.3 Å². The van der Waals surface area contributed by atoms with Crippen molar-refractivity contribution in [2.24, 2.45) is 0 Å². The fourth-order valence-corrected chi connectivity index (χ4v) is 3.04. The zero-order valence-electron chi connectivity index (χ0n) is 11.4. The van der Waals surface area contributed by atoms with Gasteiger partial charge in [-0.05, 0) is 0 Å². The predicted octanol–water partition coefficient (Wildman–Crippen LogP) is -2.48. The number of anilines is 1. The van der Waals surface area contributed by atoms with Crippen molar-refractivity contribution < 1.29 is 34.4 Å². The van der Waals surface area contributed by atoms with Crippen LogP contribution in [-0.2, 0) is 9.30 Å². The van der Waals surface area contributed by atoms with E-state index in [0.717, 1.165) is 6.33 Å². The van der Waals surface area contributed by atoms with E-state index in [0.29, 0.717) is 0 Å². The van der Waals surface area contributed by atoms with Crippen molar-refractivity contribution in [2.45, 2.75) is 30.4 Å². The summed E-state index contributed by atoms with van der Waals surface area (Å²) in [4.78, 5) is 29.7. The van der Waals surface area contributed by atoms with Gasteiger partial charge >= 0.3 is 7.60 Å². The molecule has 5 atom stereocenters. The first-order valence-electron chi connectivity index (χ1n) is 6.39. The molecule has 0 saturated carbocycles. The SMILES string of the molecule is Nc1ncnc2c1ncn2[C@@H]1O[C@H]([C@@H](O)P(=O)(O)O)[C@@H](O)[C@H]1O. The molecule has 1 fully saturated rings. The van der Waals surface area contributed by atoms with Gasteiger partial charge in [0.05, 0.1) is 6.33 Å². The second-order valence-electron chi connectivity index (χ2n) is 5.06. The molecule has 1 saturated heterocycles. The molecular weight excluding hydrogens is 333 g/mol. The molecule has 0 amide bonds. The summed E-state index contributed by atoms with van der Waals surface area (Å²) in [6.07, 6.45) is -3.87. The number of ether oxygens (including phenoxy) is 1. The Bertz CT molecular complexity index is 778. The maximum atomic E-state index is 11.1. The molecule has 0 spiro atoms. The maximum absolute atomic E-state index is 11.1. The van der Waals surface area contributed by atoms with Crippen molar-refractivity contribution in [3.05, 3.63) is 12.7 Å². The molecule has 2 aromatic heterocycles. The van der Waals surface area contributed by atoms with Gasteiger partial charge in [-0.25, -0.2) is 15.0 Å². The number of imidazole rings is 1. The Morgan fingerprint density at radius 1 is 1.26 bits per heavy atom. The van der Waals surface area contributed by atoms with Crippen LogP contribution < -0.4 is 5.73 Å². The molecule has 0 aliphatic carbocycles. The zero-order chi connectivity index (χ0) is 16.9. The highest BCUT2D eigenvalue weighted by Gasteiger charge is 2.51. The van der Waals surface area contributed by atoms with Crippen LogP contribution in [0.4, 0.5) is 5.82 Å². The molecule has 0 radical (unpaired) electrons. The molecule has 1 aliphatic rings. The van der Waals surface area contributed by atoms with Gasteiger partial charge in [-0.3, -0.25) is 9.13 Å². The van der Waals surface area contributed by atoms with Gasteiger partial charge in [0.2, 0.25) is 0 Å². The summed E-state index contributed by atoms with van der Waals surface area (Å²) >= 11 is 0. The van der Waals surface area contributed by atoms with E-state index in [1.165, 1.54) is 10.9 Å². The molecule has 7 N–H and O–H groups in total. The quantitative estimate of drug-likeness (QED) is 0.321. The number of aliphatic hydroxyl groups excluding tert-OH is 3. The summed E-state index contributed by atoms with van der Waals surface area (Å²) < 4.78 is 17.6. The summed E-state index contributed by atoms with van der Waals surface area (Å²) in [5.41, 5.74) is 6.07. The third-order valence-electron chi connectivity index (χ3n) is 3.57. The number of fused-ring (bicyclic) bond motifs is 1. The maximum Gasteiger partial charge on any atom is 0.356 e. The van der Waals surface area contributed by atoms with Crippen LogP contribution in [0.2, 0.25) is 0 Å². The Balaban J connectivity index is 1.97. The number of rotatable bonds is 3. The summed E-state index contributed by atoms with van der Waals surface area (Å²) in [5.74, 6) is -2.19. The summed E-state index contributed by atoms with van der Waals surface area (Å²) in [5, 5.41) is 29.6. The highest BCUT2D eigenvalue weighted by molar-refractivity contribution is 7.52. The fraction of sp³-hybridized carbons (Fsp3) is 0.500. The first-order valence-corrected chi connectivity index (χ1v) is 8.08.